The first kappa shape index (κ1) is 15.2. The number of nitrogens with zero attached hydrogens (tertiary/aromatic N) is 1. The highest BCUT2D eigenvalue weighted by atomic mass is 35.5. The fraction of sp³-hybridized carbons (Fsp3) is 0. The first-order valence-electron chi connectivity index (χ1n) is 5.82. The van der Waals surface area contributed by atoms with Crippen molar-refractivity contribution < 1.29 is 12.8 Å². The molecule has 0 unspecified atom stereocenters. The Hall–Kier alpha value is -2.16. The monoisotopic (exact) mass is 321 g/mol. The van der Waals surface area contributed by atoms with Gasteiger partial charge >= 0.3 is 0 Å². The highest BCUT2D eigenvalue weighted by Crippen LogP contribution is 2.24. The molecule has 0 atom stereocenters. The molecule has 0 N–H and O–H groups in total. The average molecular weight is 322 g/mol. The maximum absolute atomic E-state index is 12.9. The third-order valence-corrected chi connectivity index (χ3v) is 4.74. The van der Waals surface area contributed by atoms with Crippen LogP contribution in [0.5, 0.6) is 0 Å². The summed E-state index contributed by atoms with van der Waals surface area (Å²) in [5, 5.41) is 9.45. The quantitative estimate of drug-likeness (QED) is 0.638. The van der Waals surface area contributed by atoms with E-state index in [1.165, 1.54) is 6.08 Å². The van der Waals surface area contributed by atoms with Gasteiger partial charge in [-0.1, -0.05) is 29.8 Å². The smallest absolute Gasteiger partial charge is 0.216 e. The van der Waals surface area contributed by atoms with E-state index in [1.54, 1.807) is 30.3 Å². The molecule has 0 heterocycles. The maximum atomic E-state index is 12.9. The fourth-order valence-corrected chi connectivity index (χ4v) is 2.98. The van der Waals surface area contributed by atoms with Crippen LogP contribution in [0.3, 0.4) is 0 Å². The van der Waals surface area contributed by atoms with Gasteiger partial charge in [-0.2, -0.15) is 5.26 Å². The first-order chi connectivity index (χ1) is 9.95. The fourth-order valence-electron chi connectivity index (χ4n) is 1.64. The zero-order chi connectivity index (χ0) is 15.5. The number of sulfone groups is 1. The number of benzene rings is 2. The van der Waals surface area contributed by atoms with Gasteiger partial charge in [0.05, 0.1) is 4.90 Å². The van der Waals surface area contributed by atoms with Crippen LogP contribution in [0.2, 0.25) is 5.02 Å². The van der Waals surface area contributed by atoms with E-state index in [4.69, 9.17) is 16.9 Å². The van der Waals surface area contributed by atoms with E-state index in [0.717, 1.165) is 24.3 Å². The summed E-state index contributed by atoms with van der Waals surface area (Å²) in [6.07, 6.45) is 1.20. The van der Waals surface area contributed by atoms with Crippen LogP contribution in [-0.2, 0) is 9.84 Å². The molecule has 0 amide bonds. The Balaban J connectivity index is 2.53. The standard InChI is InChI=1S/C15H9ClFNO2S/c16-15-4-2-1-3-11(15)9-14(10-18)21(19,20)13-7-5-12(17)6-8-13/h1-9H. The molecule has 6 heteroatoms. The largest absolute Gasteiger partial charge is 0.218 e. The lowest BCUT2D eigenvalue weighted by atomic mass is 10.2. The number of hydrogen-bond acceptors (Lipinski definition) is 3. The van der Waals surface area contributed by atoms with E-state index in [0.29, 0.717) is 10.6 Å². The van der Waals surface area contributed by atoms with Crippen LogP contribution >= 0.6 is 11.6 Å². The zero-order valence-corrected chi connectivity index (χ0v) is 12.2. The van der Waals surface area contributed by atoms with Gasteiger partial charge in [-0.3, -0.25) is 0 Å². The van der Waals surface area contributed by atoms with Crippen LogP contribution in [0.15, 0.2) is 58.3 Å². The molecule has 0 fully saturated rings. The molecule has 0 saturated heterocycles. The minimum Gasteiger partial charge on any atom is -0.218 e. The van der Waals surface area contributed by atoms with Crippen molar-refractivity contribution in [1.82, 2.24) is 0 Å². The Labute approximate surface area is 126 Å². The second-order valence-corrected chi connectivity index (χ2v) is 6.42. The summed E-state index contributed by atoms with van der Waals surface area (Å²) < 4.78 is 37.5. The molecule has 21 heavy (non-hydrogen) atoms. The minimum absolute atomic E-state index is 0.149. The zero-order valence-electron chi connectivity index (χ0n) is 10.6. The molecular formula is C15H9ClFNO2S. The van der Waals surface area contributed by atoms with Gasteiger partial charge in [0.25, 0.3) is 0 Å². The van der Waals surface area contributed by atoms with Crippen molar-refractivity contribution in [2.24, 2.45) is 0 Å². The Morgan fingerprint density at radius 2 is 1.76 bits per heavy atom. The lowest BCUT2D eigenvalue weighted by Crippen LogP contribution is -2.03. The predicted molar refractivity (Wildman–Crippen MR) is 78.6 cm³/mol. The molecule has 2 aromatic carbocycles. The van der Waals surface area contributed by atoms with Crippen LogP contribution in [-0.4, -0.2) is 8.42 Å². The van der Waals surface area contributed by atoms with Crippen LogP contribution in [0.1, 0.15) is 5.56 Å². The lowest BCUT2D eigenvalue weighted by molar-refractivity contribution is 0.601. The van der Waals surface area contributed by atoms with Crippen LogP contribution < -0.4 is 0 Å². The average Bonchev–Trinajstić information content (AvgIpc) is 2.46. The third-order valence-electron chi connectivity index (χ3n) is 2.72. The Kier molecular flexibility index (Phi) is 4.41. The van der Waals surface area contributed by atoms with Gasteiger partial charge in [-0.15, -0.1) is 0 Å². The molecule has 3 nitrogen and oxygen atoms in total. The summed E-state index contributed by atoms with van der Waals surface area (Å²) in [6, 6.07) is 12.5. The van der Waals surface area contributed by atoms with E-state index in [2.05, 4.69) is 0 Å². The normalized spacial score (nSPS) is 12.0. The van der Waals surface area contributed by atoms with Crippen molar-refractivity contribution >= 4 is 27.5 Å². The number of halogens is 2. The number of hydrogen-bond donors (Lipinski definition) is 0. The maximum Gasteiger partial charge on any atom is 0.216 e. The van der Waals surface area contributed by atoms with Crippen LogP contribution in [0.4, 0.5) is 4.39 Å². The molecule has 106 valence electrons. The Bertz CT molecular complexity index is 837. The van der Waals surface area contributed by atoms with Crippen molar-refractivity contribution in [2.75, 3.05) is 0 Å². The summed E-state index contributed by atoms with van der Waals surface area (Å²) in [5.74, 6) is -0.553. The number of nitriles is 1. The van der Waals surface area contributed by atoms with Gasteiger partial charge in [0.1, 0.15) is 16.8 Å². The Morgan fingerprint density at radius 3 is 2.33 bits per heavy atom. The van der Waals surface area contributed by atoms with E-state index in [9.17, 15) is 12.8 Å². The molecule has 0 aliphatic heterocycles. The summed E-state index contributed by atoms with van der Waals surface area (Å²) in [6.45, 7) is 0. The number of allylic oxidation sites excluding steroid dienone is 1. The van der Waals surface area contributed by atoms with Crippen LogP contribution in [0.25, 0.3) is 6.08 Å². The predicted octanol–water partition coefficient (Wildman–Crippen LogP) is 3.82. The van der Waals surface area contributed by atoms with Crippen molar-refractivity contribution in [3.8, 4) is 6.07 Å². The second-order valence-electron chi connectivity index (χ2n) is 4.10. The molecule has 0 aliphatic carbocycles. The van der Waals surface area contributed by atoms with Crippen molar-refractivity contribution in [3.05, 3.63) is 69.8 Å². The third kappa shape index (κ3) is 3.30. The Morgan fingerprint density at radius 1 is 1.14 bits per heavy atom. The second kappa shape index (κ2) is 6.08. The molecular weight excluding hydrogens is 313 g/mol. The molecule has 0 aliphatic rings. The van der Waals surface area contributed by atoms with Gasteiger partial charge in [0.15, 0.2) is 0 Å². The molecule has 0 spiro atoms. The molecule has 2 aromatic rings. The molecule has 0 saturated carbocycles. The van der Waals surface area contributed by atoms with Crippen LogP contribution in [0, 0.1) is 17.1 Å². The van der Waals surface area contributed by atoms with Gasteiger partial charge in [-0.05, 0) is 42.0 Å². The van der Waals surface area contributed by atoms with Gasteiger partial charge in [0, 0.05) is 5.02 Å². The van der Waals surface area contributed by atoms with Gasteiger partial charge < -0.3 is 0 Å². The summed E-state index contributed by atoms with van der Waals surface area (Å²) in [5.41, 5.74) is 0.418. The SMILES string of the molecule is N#CC(=Cc1ccccc1Cl)S(=O)(=O)c1ccc(F)cc1. The summed E-state index contributed by atoms with van der Waals surface area (Å²) >= 11 is 5.94. The van der Waals surface area contributed by atoms with E-state index >= 15 is 0 Å². The van der Waals surface area contributed by atoms with E-state index in [1.807, 2.05) is 0 Å². The number of rotatable bonds is 3. The lowest BCUT2D eigenvalue weighted by Gasteiger charge is -2.04. The van der Waals surface area contributed by atoms with Crippen molar-refractivity contribution in [3.63, 3.8) is 0 Å². The molecule has 0 radical (unpaired) electrons. The van der Waals surface area contributed by atoms with E-state index < -0.39 is 20.6 Å². The highest BCUT2D eigenvalue weighted by Gasteiger charge is 2.21. The van der Waals surface area contributed by atoms with Gasteiger partial charge in [0.2, 0.25) is 9.84 Å². The highest BCUT2D eigenvalue weighted by molar-refractivity contribution is 7.95. The molecule has 2 rings (SSSR count). The molecule has 0 aromatic heterocycles. The van der Waals surface area contributed by atoms with Crippen molar-refractivity contribution in [1.29, 1.82) is 5.26 Å². The minimum atomic E-state index is -4.01. The van der Waals surface area contributed by atoms with Gasteiger partial charge in [-0.25, -0.2) is 12.8 Å². The first-order valence-corrected chi connectivity index (χ1v) is 7.68. The van der Waals surface area contributed by atoms with Crippen molar-refractivity contribution in [2.45, 2.75) is 4.90 Å². The molecule has 0 bridgehead atoms. The topological polar surface area (TPSA) is 57.9 Å². The summed E-state index contributed by atoms with van der Waals surface area (Å²) in [4.78, 5) is -0.606. The van der Waals surface area contributed by atoms with E-state index in [-0.39, 0.29) is 4.90 Å². The summed E-state index contributed by atoms with van der Waals surface area (Å²) in [7, 11) is -4.01.